The van der Waals surface area contributed by atoms with Crippen LogP contribution in [0.15, 0.2) is 24.3 Å². The molecule has 0 unspecified atom stereocenters. The Morgan fingerprint density at radius 3 is 2.57 bits per heavy atom. The first-order valence-corrected chi connectivity index (χ1v) is 7.21. The van der Waals surface area contributed by atoms with Gasteiger partial charge in [0.05, 0.1) is 0 Å². The molecule has 0 spiro atoms. The highest BCUT2D eigenvalue weighted by atomic mass is 19.2. The van der Waals surface area contributed by atoms with Crippen LogP contribution in [0.3, 0.4) is 0 Å². The fourth-order valence-corrected chi connectivity index (χ4v) is 1.83. The molecule has 0 fully saturated rings. The van der Waals surface area contributed by atoms with Crippen LogP contribution < -0.4 is 10.6 Å². The Labute approximate surface area is 133 Å². The Bertz CT molecular complexity index is 719. The first-order valence-electron chi connectivity index (χ1n) is 7.21. The van der Waals surface area contributed by atoms with Crippen LogP contribution in [0.4, 0.5) is 20.4 Å². The SMILES string of the molecule is Cc1cc(C(=O)Nc2ccc(F)c(F)c2)nc(NCC(C)C)n1. The van der Waals surface area contributed by atoms with Crippen molar-refractivity contribution >= 4 is 17.5 Å². The maximum Gasteiger partial charge on any atom is 0.274 e. The number of benzene rings is 1. The molecule has 5 nitrogen and oxygen atoms in total. The van der Waals surface area contributed by atoms with Crippen molar-refractivity contribution in [3.05, 3.63) is 47.3 Å². The van der Waals surface area contributed by atoms with Gasteiger partial charge in [0.25, 0.3) is 5.91 Å². The summed E-state index contributed by atoms with van der Waals surface area (Å²) in [6.45, 7) is 6.50. The minimum absolute atomic E-state index is 0.147. The smallest absolute Gasteiger partial charge is 0.274 e. The number of rotatable bonds is 5. The van der Waals surface area contributed by atoms with Crippen molar-refractivity contribution in [2.75, 3.05) is 17.2 Å². The second-order valence-electron chi connectivity index (χ2n) is 5.58. The largest absolute Gasteiger partial charge is 0.354 e. The van der Waals surface area contributed by atoms with Gasteiger partial charge in [0, 0.05) is 24.0 Å². The number of halogens is 2. The predicted octanol–water partition coefficient (Wildman–Crippen LogP) is 3.38. The first-order chi connectivity index (χ1) is 10.8. The van der Waals surface area contributed by atoms with Crippen molar-refractivity contribution in [2.45, 2.75) is 20.8 Å². The van der Waals surface area contributed by atoms with Crippen LogP contribution in [0, 0.1) is 24.5 Å². The van der Waals surface area contributed by atoms with Gasteiger partial charge in [0.1, 0.15) is 5.69 Å². The van der Waals surface area contributed by atoms with Crippen molar-refractivity contribution in [3.8, 4) is 0 Å². The Hall–Kier alpha value is -2.57. The standard InChI is InChI=1S/C16H18F2N4O/c1-9(2)8-19-16-20-10(3)6-14(22-16)15(23)21-11-4-5-12(17)13(18)7-11/h4-7,9H,8H2,1-3H3,(H,21,23)(H,19,20,22). The zero-order valence-corrected chi connectivity index (χ0v) is 13.2. The fourth-order valence-electron chi connectivity index (χ4n) is 1.83. The van der Waals surface area contributed by atoms with Crippen LogP contribution in [0.2, 0.25) is 0 Å². The van der Waals surface area contributed by atoms with E-state index >= 15 is 0 Å². The van der Waals surface area contributed by atoms with E-state index in [0.717, 1.165) is 12.1 Å². The molecule has 2 aromatic rings. The van der Waals surface area contributed by atoms with Crippen molar-refractivity contribution in [3.63, 3.8) is 0 Å². The average molecular weight is 320 g/mol. The van der Waals surface area contributed by atoms with Gasteiger partial charge in [-0.3, -0.25) is 4.79 Å². The summed E-state index contributed by atoms with van der Waals surface area (Å²) in [6.07, 6.45) is 0. The molecule has 7 heteroatoms. The number of anilines is 2. The summed E-state index contributed by atoms with van der Waals surface area (Å²) < 4.78 is 26.1. The van der Waals surface area contributed by atoms with Gasteiger partial charge in [-0.15, -0.1) is 0 Å². The third-order valence-corrected chi connectivity index (χ3v) is 2.93. The lowest BCUT2D eigenvalue weighted by molar-refractivity contribution is 0.102. The van der Waals surface area contributed by atoms with Gasteiger partial charge in [0.15, 0.2) is 11.6 Å². The molecule has 1 amide bonds. The topological polar surface area (TPSA) is 66.9 Å². The van der Waals surface area contributed by atoms with Gasteiger partial charge in [-0.2, -0.15) is 0 Å². The molecule has 0 saturated heterocycles. The van der Waals surface area contributed by atoms with Crippen LogP contribution in [-0.4, -0.2) is 22.4 Å². The van der Waals surface area contributed by atoms with Crippen molar-refractivity contribution in [2.24, 2.45) is 5.92 Å². The predicted molar refractivity (Wildman–Crippen MR) is 84.4 cm³/mol. The van der Waals surface area contributed by atoms with E-state index in [1.54, 1.807) is 6.92 Å². The highest BCUT2D eigenvalue weighted by Gasteiger charge is 2.12. The highest BCUT2D eigenvalue weighted by molar-refractivity contribution is 6.03. The molecule has 1 aromatic heterocycles. The maximum atomic E-state index is 13.2. The van der Waals surface area contributed by atoms with Crippen LogP contribution in [-0.2, 0) is 0 Å². The van der Waals surface area contributed by atoms with Gasteiger partial charge in [-0.05, 0) is 31.0 Å². The van der Waals surface area contributed by atoms with Gasteiger partial charge < -0.3 is 10.6 Å². The molecular formula is C16H18F2N4O. The van der Waals surface area contributed by atoms with Crippen LogP contribution >= 0.6 is 0 Å². The Morgan fingerprint density at radius 1 is 1.17 bits per heavy atom. The molecule has 122 valence electrons. The Balaban J connectivity index is 2.16. The molecule has 0 aliphatic heterocycles. The first kappa shape index (κ1) is 16.8. The summed E-state index contributed by atoms with van der Waals surface area (Å²) >= 11 is 0. The highest BCUT2D eigenvalue weighted by Crippen LogP contribution is 2.14. The number of hydrogen-bond acceptors (Lipinski definition) is 4. The number of carbonyl (C=O) groups is 1. The molecule has 0 saturated carbocycles. The third-order valence-electron chi connectivity index (χ3n) is 2.93. The monoisotopic (exact) mass is 320 g/mol. The second kappa shape index (κ2) is 7.13. The molecule has 1 aromatic carbocycles. The number of aryl methyl sites for hydroxylation is 1. The van der Waals surface area contributed by atoms with E-state index in [-0.39, 0.29) is 11.4 Å². The zero-order valence-electron chi connectivity index (χ0n) is 13.2. The fraction of sp³-hybridized carbons (Fsp3) is 0.312. The van der Waals surface area contributed by atoms with Gasteiger partial charge in [-0.1, -0.05) is 13.8 Å². The molecule has 0 atom stereocenters. The molecule has 0 bridgehead atoms. The number of nitrogens with zero attached hydrogens (tertiary/aromatic N) is 2. The van der Waals surface area contributed by atoms with Crippen molar-refractivity contribution < 1.29 is 13.6 Å². The van der Waals surface area contributed by atoms with Gasteiger partial charge in [0.2, 0.25) is 5.95 Å². The summed E-state index contributed by atoms with van der Waals surface area (Å²) in [5, 5.41) is 5.53. The van der Waals surface area contributed by atoms with E-state index in [0.29, 0.717) is 24.1 Å². The molecule has 0 aliphatic carbocycles. The van der Waals surface area contributed by atoms with E-state index in [1.165, 1.54) is 12.1 Å². The number of aromatic nitrogens is 2. The summed E-state index contributed by atoms with van der Waals surface area (Å²) in [5.74, 6) is -1.76. The van der Waals surface area contributed by atoms with Gasteiger partial charge >= 0.3 is 0 Å². The van der Waals surface area contributed by atoms with Crippen LogP contribution in [0.5, 0.6) is 0 Å². The summed E-state index contributed by atoms with van der Waals surface area (Å²) in [7, 11) is 0. The normalized spacial score (nSPS) is 10.7. The van der Waals surface area contributed by atoms with E-state index in [1.807, 2.05) is 13.8 Å². The molecule has 2 N–H and O–H groups in total. The summed E-state index contributed by atoms with van der Waals surface area (Å²) in [4.78, 5) is 20.6. The summed E-state index contributed by atoms with van der Waals surface area (Å²) in [5.41, 5.74) is 0.928. The molecular weight excluding hydrogens is 302 g/mol. The Morgan fingerprint density at radius 2 is 1.91 bits per heavy atom. The van der Waals surface area contributed by atoms with Crippen LogP contribution in [0.1, 0.15) is 30.0 Å². The van der Waals surface area contributed by atoms with E-state index in [4.69, 9.17) is 0 Å². The van der Waals surface area contributed by atoms with Crippen LogP contribution in [0.25, 0.3) is 0 Å². The maximum absolute atomic E-state index is 13.2. The third kappa shape index (κ3) is 4.70. The lowest BCUT2D eigenvalue weighted by atomic mass is 10.2. The number of amides is 1. The lowest BCUT2D eigenvalue weighted by Gasteiger charge is -2.10. The van der Waals surface area contributed by atoms with E-state index in [2.05, 4.69) is 20.6 Å². The quantitative estimate of drug-likeness (QED) is 0.886. The zero-order chi connectivity index (χ0) is 17.0. The average Bonchev–Trinajstić information content (AvgIpc) is 2.48. The van der Waals surface area contributed by atoms with Crippen molar-refractivity contribution in [1.82, 2.24) is 9.97 Å². The molecule has 0 aliphatic rings. The second-order valence-corrected chi connectivity index (χ2v) is 5.58. The minimum atomic E-state index is -1.03. The van der Waals surface area contributed by atoms with Gasteiger partial charge in [-0.25, -0.2) is 18.7 Å². The number of nitrogens with one attached hydrogen (secondary N) is 2. The number of carbonyl (C=O) groups excluding carboxylic acids is 1. The molecule has 2 rings (SSSR count). The van der Waals surface area contributed by atoms with E-state index < -0.39 is 17.5 Å². The Kier molecular flexibility index (Phi) is 5.20. The summed E-state index contributed by atoms with van der Waals surface area (Å²) in [6, 6.07) is 4.67. The van der Waals surface area contributed by atoms with E-state index in [9.17, 15) is 13.6 Å². The molecule has 1 heterocycles. The molecule has 23 heavy (non-hydrogen) atoms. The lowest BCUT2D eigenvalue weighted by Crippen LogP contribution is -2.17. The number of hydrogen-bond donors (Lipinski definition) is 2. The van der Waals surface area contributed by atoms with Crippen molar-refractivity contribution in [1.29, 1.82) is 0 Å². The molecule has 0 radical (unpaired) electrons. The minimum Gasteiger partial charge on any atom is -0.354 e.